The van der Waals surface area contributed by atoms with Crippen molar-refractivity contribution >= 4 is 29.0 Å². The molecule has 0 aliphatic heterocycles. The molecular weight excluding hydrogens is 350 g/mol. The number of carboxylic acids is 1. The molecule has 1 aliphatic carbocycles. The number of hydrogen-bond acceptors (Lipinski definition) is 5. The van der Waals surface area contributed by atoms with E-state index in [2.05, 4.69) is 22.8 Å². The molecule has 1 aromatic rings. The summed E-state index contributed by atoms with van der Waals surface area (Å²) in [5.41, 5.74) is 4.93. The molecule has 2 N–H and O–H groups in total. The van der Waals surface area contributed by atoms with Crippen LogP contribution in [-0.2, 0) is 11.2 Å². The first-order valence-corrected chi connectivity index (χ1v) is 9.29. The Morgan fingerprint density at radius 3 is 2.77 bits per heavy atom. The quantitative estimate of drug-likeness (QED) is 0.447. The smallest absolute Gasteiger partial charge is 0.187 e. The van der Waals surface area contributed by atoms with Crippen molar-refractivity contribution < 1.29 is 14.6 Å². The van der Waals surface area contributed by atoms with E-state index in [1.54, 1.807) is 12.1 Å². The van der Waals surface area contributed by atoms with Gasteiger partial charge in [-0.15, -0.1) is 0 Å². The molecule has 1 aliphatic rings. The van der Waals surface area contributed by atoms with E-state index in [1.807, 2.05) is 13.0 Å². The molecule has 0 aromatic heterocycles. The van der Waals surface area contributed by atoms with E-state index in [0.717, 1.165) is 12.0 Å². The number of carboxylic acid groups (broad SMARTS) is 1. The fourth-order valence-corrected chi connectivity index (χ4v) is 3.42. The molecule has 0 heterocycles. The number of carbonyl (C=O) groups excluding carboxylic acids is 1. The van der Waals surface area contributed by atoms with Crippen LogP contribution in [-0.4, -0.2) is 29.9 Å². The van der Waals surface area contributed by atoms with Gasteiger partial charge in [-0.2, -0.15) is 5.10 Å². The van der Waals surface area contributed by atoms with Crippen LogP contribution in [0.5, 0.6) is 5.75 Å². The Labute approximate surface area is 160 Å². The van der Waals surface area contributed by atoms with Crippen LogP contribution >= 0.6 is 12.2 Å². The maximum absolute atomic E-state index is 10.9. The fraction of sp³-hybridized carbons (Fsp3) is 0.526. The van der Waals surface area contributed by atoms with Crippen molar-refractivity contribution in [2.24, 2.45) is 11.0 Å². The highest BCUT2D eigenvalue weighted by Gasteiger charge is 2.21. The lowest BCUT2D eigenvalue weighted by Crippen LogP contribution is -2.44. The Morgan fingerprint density at radius 1 is 1.38 bits per heavy atom. The molecule has 0 spiro atoms. The van der Waals surface area contributed by atoms with Gasteiger partial charge in [0.1, 0.15) is 5.75 Å². The van der Waals surface area contributed by atoms with Gasteiger partial charge in [0, 0.05) is 24.0 Å². The lowest BCUT2D eigenvalue weighted by atomic mass is 9.86. The largest absolute Gasteiger partial charge is 0.550 e. The molecule has 1 aromatic carbocycles. The summed E-state index contributed by atoms with van der Waals surface area (Å²) < 4.78 is 5.20. The molecule has 1 saturated carbocycles. The normalized spacial score (nSPS) is 20.3. The first-order valence-electron chi connectivity index (χ1n) is 8.88. The second-order valence-corrected chi connectivity index (χ2v) is 7.13. The van der Waals surface area contributed by atoms with Crippen molar-refractivity contribution in [3.63, 3.8) is 0 Å². The van der Waals surface area contributed by atoms with Gasteiger partial charge in [0.15, 0.2) is 5.11 Å². The van der Waals surface area contributed by atoms with Crippen molar-refractivity contribution in [1.29, 1.82) is 0 Å². The summed E-state index contributed by atoms with van der Waals surface area (Å²) in [6.07, 6.45) is 4.63. The summed E-state index contributed by atoms with van der Waals surface area (Å²) in [6.45, 7) is 4.08. The maximum Gasteiger partial charge on any atom is 0.187 e. The van der Waals surface area contributed by atoms with Crippen LogP contribution in [0, 0.1) is 5.92 Å². The number of thiocarbonyl (C=S) groups is 1. The monoisotopic (exact) mass is 376 g/mol. The molecule has 0 radical (unpaired) electrons. The Morgan fingerprint density at radius 2 is 2.12 bits per heavy atom. The molecule has 2 rings (SSSR count). The number of hydrazone groups is 1. The van der Waals surface area contributed by atoms with Gasteiger partial charge in [0.05, 0.1) is 12.8 Å². The number of benzene rings is 1. The molecule has 0 saturated heterocycles. The van der Waals surface area contributed by atoms with Crippen LogP contribution in [0.1, 0.15) is 50.7 Å². The minimum atomic E-state index is -1.15. The van der Waals surface area contributed by atoms with Crippen molar-refractivity contribution in [3.05, 3.63) is 29.3 Å². The van der Waals surface area contributed by atoms with Gasteiger partial charge < -0.3 is 20.0 Å². The third-order valence-corrected chi connectivity index (χ3v) is 5.00. The number of aliphatic carboxylic acids is 1. The van der Waals surface area contributed by atoms with E-state index in [4.69, 9.17) is 17.0 Å². The molecule has 6 nitrogen and oxygen atoms in total. The van der Waals surface area contributed by atoms with Crippen molar-refractivity contribution in [2.45, 2.75) is 52.0 Å². The predicted molar refractivity (Wildman–Crippen MR) is 104 cm³/mol. The van der Waals surface area contributed by atoms with E-state index in [9.17, 15) is 9.90 Å². The molecular formula is C19H26N3O3S-. The molecule has 0 bridgehead atoms. The lowest BCUT2D eigenvalue weighted by molar-refractivity contribution is -0.304. The van der Waals surface area contributed by atoms with Crippen molar-refractivity contribution in [1.82, 2.24) is 10.7 Å². The topological polar surface area (TPSA) is 85.8 Å². The number of carbonyl (C=O) groups is 1. The van der Waals surface area contributed by atoms with Crippen LogP contribution in [0.4, 0.5) is 0 Å². The number of ether oxygens (including phenoxy) is 1. The minimum Gasteiger partial charge on any atom is -0.550 e. The second kappa shape index (κ2) is 9.52. The molecule has 2 atom stereocenters. The summed E-state index contributed by atoms with van der Waals surface area (Å²) in [6, 6.07) is 5.69. The Kier molecular flexibility index (Phi) is 7.38. The lowest BCUT2D eigenvalue weighted by Gasteiger charge is -2.30. The third kappa shape index (κ3) is 5.69. The van der Waals surface area contributed by atoms with Gasteiger partial charge in [0.25, 0.3) is 0 Å². The fourth-order valence-electron chi connectivity index (χ4n) is 3.23. The molecule has 0 amide bonds. The van der Waals surface area contributed by atoms with E-state index in [0.29, 0.717) is 34.1 Å². The third-order valence-electron chi connectivity index (χ3n) is 4.79. The standard InChI is InChI=1S/C19H27N3O3S/c1-12-6-4-5-7-16(12)20-19(26)22-21-13(2)14-8-9-17(25-3)15(10-14)11-18(23)24/h8-10,12,16H,4-7,11H2,1-3H3,(H,23,24)(H2,20,22,26)/p-1/b21-13-/t12-,16-/m0/s1. The molecule has 26 heavy (non-hydrogen) atoms. The summed E-state index contributed by atoms with van der Waals surface area (Å²) in [5.74, 6) is -0.0373. The van der Waals surface area contributed by atoms with Crippen LogP contribution in [0.25, 0.3) is 0 Å². The number of hydrogen-bond donors (Lipinski definition) is 2. The van der Waals surface area contributed by atoms with E-state index < -0.39 is 5.97 Å². The van der Waals surface area contributed by atoms with Gasteiger partial charge in [-0.25, -0.2) is 0 Å². The van der Waals surface area contributed by atoms with Gasteiger partial charge in [-0.1, -0.05) is 19.8 Å². The first-order chi connectivity index (χ1) is 12.4. The molecule has 1 fully saturated rings. The zero-order valence-electron chi connectivity index (χ0n) is 15.5. The second-order valence-electron chi connectivity index (χ2n) is 6.73. The number of nitrogens with one attached hydrogen (secondary N) is 2. The van der Waals surface area contributed by atoms with Crippen molar-refractivity contribution in [2.75, 3.05) is 7.11 Å². The average molecular weight is 377 g/mol. The van der Waals surface area contributed by atoms with Gasteiger partial charge in [0.2, 0.25) is 0 Å². The van der Waals surface area contributed by atoms with Gasteiger partial charge >= 0.3 is 0 Å². The van der Waals surface area contributed by atoms with Crippen LogP contribution in [0.2, 0.25) is 0 Å². The SMILES string of the molecule is COc1ccc(/C(C)=N\NC(=S)N[C@H]2CCCC[C@@H]2C)cc1CC(=O)[O-]. The number of nitrogens with zero attached hydrogens (tertiary/aromatic N) is 1. The van der Waals surface area contributed by atoms with E-state index in [1.165, 1.54) is 26.4 Å². The maximum atomic E-state index is 10.9. The Hall–Kier alpha value is -2.15. The Balaban J connectivity index is 2.01. The molecule has 0 unspecified atom stereocenters. The summed E-state index contributed by atoms with van der Waals surface area (Å²) >= 11 is 5.34. The van der Waals surface area contributed by atoms with E-state index in [-0.39, 0.29) is 6.42 Å². The number of methoxy groups -OCH3 is 1. The van der Waals surface area contributed by atoms with Gasteiger partial charge in [-0.3, -0.25) is 5.43 Å². The highest BCUT2D eigenvalue weighted by molar-refractivity contribution is 7.80. The van der Waals surface area contributed by atoms with Crippen LogP contribution in [0.15, 0.2) is 23.3 Å². The van der Waals surface area contributed by atoms with Gasteiger partial charge in [-0.05, 0) is 61.7 Å². The highest BCUT2D eigenvalue weighted by atomic mass is 32.1. The zero-order valence-corrected chi connectivity index (χ0v) is 16.3. The molecule has 142 valence electrons. The highest BCUT2D eigenvalue weighted by Crippen LogP contribution is 2.23. The molecule has 7 heteroatoms. The van der Waals surface area contributed by atoms with Crippen LogP contribution < -0.4 is 20.6 Å². The summed E-state index contributed by atoms with van der Waals surface area (Å²) in [5, 5.41) is 19.1. The first kappa shape index (κ1) is 20.2. The van der Waals surface area contributed by atoms with Crippen LogP contribution in [0.3, 0.4) is 0 Å². The minimum absolute atomic E-state index is 0.211. The van der Waals surface area contributed by atoms with Crippen molar-refractivity contribution in [3.8, 4) is 5.75 Å². The average Bonchev–Trinajstić information content (AvgIpc) is 2.61. The summed E-state index contributed by atoms with van der Waals surface area (Å²) in [4.78, 5) is 10.9. The Bertz CT molecular complexity index is 691. The predicted octanol–water partition coefficient (Wildman–Crippen LogP) is 1.75. The zero-order chi connectivity index (χ0) is 19.1. The summed E-state index contributed by atoms with van der Waals surface area (Å²) in [7, 11) is 1.51. The number of rotatable bonds is 6. The van der Waals surface area contributed by atoms with E-state index >= 15 is 0 Å².